The SMILES string of the molecule is NC(=O)c1ccc(CNCc2ccc(Br)s2)c(Cl)c1. The van der Waals surface area contributed by atoms with Gasteiger partial charge in [-0.25, -0.2) is 0 Å². The minimum atomic E-state index is -0.468. The number of carbonyl (C=O) groups excluding carboxylic acids is 1. The van der Waals surface area contributed by atoms with Gasteiger partial charge in [-0.2, -0.15) is 0 Å². The third-order valence-electron chi connectivity index (χ3n) is 2.58. The van der Waals surface area contributed by atoms with E-state index >= 15 is 0 Å². The zero-order valence-corrected chi connectivity index (χ0v) is 13.1. The third-order valence-corrected chi connectivity index (χ3v) is 4.56. The lowest BCUT2D eigenvalue weighted by Crippen LogP contribution is -2.14. The van der Waals surface area contributed by atoms with Crippen LogP contribution >= 0.6 is 38.9 Å². The number of nitrogens with one attached hydrogen (secondary N) is 1. The Bertz CT molecular complexity index is 600. The van der Waals surface area contributed by atoms with Crippen LogP contribution in [-0.4, -0.2) is 5.91 Å². The quantitative estimate of drug-likeness (QED) is 0.857. The highest BCUT2D eigenvalue weighted by atomic mass is 79.9. The van der Waals surface area contributed by atoms with Crippen LogP contribution in [0.25, 0.3) is 0 Å². The van der Waals surface area contributed by atoms with Crippen LogP contribution in [0.5, 0.6) is 0 Å². The molecule has 2 aromatic rings. The maximum Gasteiger partial charge on any atom is 0.248 e. The summed E-state index contributed by atoms with van der Waals surface area (Å²) in [6, 6.07) is 9.20. The third kappa shape index (κ3) is 4.04. The number of nitrogens with two attached hydrogens (primary N) is 1. The maximum atomic E-state index is 11.0. The molecular weight excluding hydrogens is 348 g/mol. The number of hydrogen-bond donors (Lipinski definition) is 2. The normalized spacial score (nSPS) is 10.6. The number of primary amides is 1. The standard InChI is InChI=1S/C13H12BrClN2OS/c14-12-4-3-10(19-12)7-17-6-9-2-1-8(13(16)18)5-11(9)15/h1-5,17H,6-7H2,(H2,16,18). The molecule has 0 unspecified atom stereocenters. The molecule has 3 nitrogen and oxygen atoms in total. The van der Waals surface area contributed by atoms with E-state index in [1.807, 2.05) is 12.1 Å². The second-order valence-corrected chi connectivity index (χ2v) is 6.93. The minimum Gasteiger partial charge on any atom is -0.366 e. The number of rotatable bonds is 5. The summed E-state index contributed by atoms with van der Waals surface area (Å²) in [7, 11) is 0. The summed E-state index contributed by atoms with van der Waals surface area (Å²) in [6.45, 7) is 1.43. The van der Waals surface area contributed by atoms with Gasteiger partial charge in [-0.1, -0.05) is 17.7 Å². The summed E-state index contributed by atoms with van der Waals surface area (Å²) in [6.07, 6.45) is 0. The van der Waals surface area contributed by atoms with Crippen LogP contribution in [-0.2, 0) is 13.1 Å². The Morgan fingerprint density at radius 3 is 2.68 bits per heavy atom. The molecule has 0 spiro atoms. The second kappa shape index (κ2) is 6.52. The molecule has 3 N–H and O–H groups in total. The predicted octanol–water partition coefficient (Wildman–Crippen LogP) is 3.55. The summed E-state index contributed by atoms with van der Waals surface area (Å²) in [4.78, 5) is 12.3. The van der Waals surface area contributed by atoms with E-state index in [9.17, 15) is 4.79 Å². The molecule has 1 heterocycles. The van der Waals surface area contributed by atoms with Crippen molar-refractivity contribution in [3.63, 3.8) is 0 Å². The van der Waals surface area contributed by atoms with E-state index in [1.54, 1.807) is 23.5 Å². The van der Waals surface area contributed by atoms with Crippen molar-refractivity contribution in [3.8, 4) is 0 Å². The molecule has 0 aliphatic carbocycles. The van der Waals surface area contributed by atoms with Gasteiger partial charge in [0.15, 0.2) is 0 Å². The van der Waals surface area contributed by atoms with E-state index in [0.717, 1.165) is 15.9 Å². The second-order valence-electron chi connectivity index (χ2n) is 3.98. The van der Waals surface area contributed by atoms with Gasteiger partial charge >= 0.3 is 0 Å². The van der Waals surface area contributed by atoms with Crippen molar-refractivity contribution in [2.45, 2.75) is 13.1 Å². The number of hydrogen-bond acceptors (Lipinski definition) is 3. The van der Waals surface area contributed by atoms with Crippen LogP contribution in [0.3, 0.4) is 0 Å². The Hall–Kier alpha value is -0.880. The molecule has 0 atom stereocenters. The van der Waals surface area contributed by atoms with Crippen LogP contribution in [0.1, 0.15) is 20.8 Å². The molecule has 0 saturated carbocycles. The zero-order valence-electron chi connectivity index (χ0n) is 9.95. The van der Waals surface area contributed by atoms with Crippen molar-refractivity contribution >= 4 is 44.8 Å². The fraction of sp³-hybridized carbons (Fsp3) is 0.154. The summed E-state index contributed by atoms with van der Waals surface area (Å²) in [5, 5.41) is 3.86. The largest absolute Gasteiger partial charge is 0.366 e. The van der Waals surface area contributed by atoms with Crippen molar-refractivity contribution in [1.29, 1.82) is 0 Å². The van der Waals surface area contributed by atoms with Crippen molar-refractivity contribution in [1.82, 2.24) is 5.32 Å². The molecule has 19 heavy (non-hydrogen) atoms. The van der Waals surface area contributed by atoms with Crippen molar-refractivity contribution in [2.75, 3.05) is 0 Å². The van der Waals surface area contributed by atoms with Crippen LogP contribution in [0.2, 0.25) is 5.02 Å². The van der Waals surface area contributed by atoms with Gasteiger partial charge in [0.05, 0.1) is 3.79 Å². The lowest BCUT2D eigenvalue weighted by Gasteiger charge is -2.07. The van der Waals surface area contributed by atoms with E-state index in [4.69, 9.17) is 17.3 Å². The first kappa shape index (κ1) is 14.5. The summed E-state index contributed by atoms with van der Waals surface area (Å²) in [5.41, 5.74) is 6.57. The molecule has 0 radical (unpaired) electrons. The van der Waals surface area contributed by atoms with Crippen LogP contribution in [0.15, 0.2) is 34.1 Å². The maximum absolute atomic E-state index is 11.0. The van der Waals surface area contributed by atoms with Crippen LogP contribution in [0, 0.1) is 0 Å². The highest BCUT2D eigenvalue weighted by Crippen LogP contribution is 2.22. The van der Waals surface area contributed by atoms with Crippen LogP contribution in [0.4, 0.5) is 0 Å². The molecule has 1 aromatic carbocycles. The lowest BCUT2D eigenvalue weighted by atomic mass is 10.1. The molecule has 0 aliphatic heterocycles. The fourth-order valence-corrected chi connectivity index (χ4v) is 3.31. The molecule has 0 bridgehead atoms. The molecule has 0 aliphatic rings. The highest BCUT2D eigenvalue weighted by molar-refractivity contribution is 9.11. The topological polar surface area (TPSA) is 55.1 Å². The Labute approximate surface area is 128 Å². The van der Waals surface area contributed by atoms with Crippen molar-refractivity contribution in [3.05, 3.63) is 55.1 Å². The van der Waals surface area contributed by atoms with Crippen molar-refractivity contribution in [2.24, 2.45) is 5.73 Å². The monoisotopic (exact) mass is 358 g/mol. The number of amides is 1. The van der Waals surface area contributed by atoms with Crippen LogP contribution < -0.4 is 11.1 Å². The summed E-state index contributed by atoms with van der Waals surface area (Å²) < 4.78 is 1.12. The Morgan fingerprint density at radius 1 is 1.32 bits per heavy atom. The smallest absolute Gasteiger partial charge is 0.248 e. The van der Waals surface area contributed by atoms with Gasteiger partial charge in [-0.15, -0.1) is 11.3 Å². The number of halogens is 2. The van der Waals surface area contributed by atoms with E-state index in [-0.39, 0.29) is 0 Å². The molecule has 1 aromatic heterocycles. The Morgan fingerprint density at radius 2 is 2.11 bits per heavy atom. The number of thiophene rings is 1. The van der Waals surface area contributed by atoms with E-state index in [2.05, 4.69) is 27.3 Å². The molecule has 100 valence electrons. The van der Waals surface area contributed by atoms with E-state index in [1.165, 1.54) is 4.88 Å². The first-order valence-corrected chi connectivity index (χ1v) is 7.58. The molecule has 0 saturated heterocycles. The number of benzene rings is 1. The zero-order chi connectivity index (χ0) is 13.8. The van der Waals surface area contributed by atoms with Gasteiger partial charge < -0.3 is 11.1 Å². The molecule has 0 fully saturated rings. The Kier molecular flexibility index (Phi) is 4.99. The number of carbonyl (C=O) groups is 1. The van der Waals surface area contributed by atoms with Crippen molar-refractivity contribution < 1.29 is 4.79 Å². The fourth-order valence-electron chi connectivity index (χ4n) is 1.61. The summed E-state index contributed by atoms with van der Waals surface area (Å²) in [5.74, 6) is -0.468. The van der Waals surface area contributed by atoms with Gasteiger partial charge in [-0.05, 0) is 45.8 Å². The summed E-state index contributed by atoms with van der Waals surface area (Å²) >= 11 is 11.2. The van der Waals surface area contributed by atoms with Gasteiger partial charge in [-0.3, -0.25) is 4.79 Å². The minimum absolute atomic E-state index is 0.427. The molecular formula is C13H12BrClN2OS. The van der Waals surface area contributed by atoms with Gasteiger partial charge in [0, 0.05) is 28.6 Å². The van der Waals surface area contributed by atoms with E-state index in [0.29, 0.717) is 17.1 Å². The molecule has 1 amide bonds. The Balaban J connectivity index is 1.94. The average Bonchev–Trinajstić information content (AvgIpc) is 2.77. The first-order valence-electron chi connectivity index (χ1n) is 5.59. The average molecular weight is 360 g/mol. The molecule has 2 rings (SSSR count). The van der Waals surface area contributed by atoms with Gasteiger partial charge in [0.2, 0.25) is 5.91 Å². The predicted molar refractivity (Wildman–Crippen MR) is 82.5 cm³/mol. The first-order chi connectivity index (χ1) is 9.06. The van der Waals surface area contributed by atoms with Gasteiger partial charge in [0.1, 0.15) is 0 Å². The molecule has 6 heteroatoms. The van der Waals surface area contributed by atoms with E-state index < -0.39 is 5.91 Å². The lowest BCUT2D eigenvalue weighted by molar-refractivity contribution is 0.100. The van der Waals surface area contributed by atoms with Gasteiger partial charge in [0.25, 0.3) is 0 Å². The highest BCUT2D eigenvalue weighted by Gasteiger charge is 2.05.